The largest absolute Gasteiger partial charge is 0.416 e. The first-order valence-electron chi connectivity index (χ1n) is 8.93. The van der Waals surface area contributed by atoms with Gasteiger partial charge in [-0.1, -0.05) is 42.5 Å². The van der Waals surface area contributed by atoms with Gasteiger partial charge in [0.2, 0.25) is 10.0 Å². The van der Waals surface area contributed by atoms with Gasteiger partial charge >= 0.3 is 6.18 Å². The number of sulfonamides is 1. The van der Waals surface area contributed by atoms with Gasteiger partial charge in [-0.15, -0.1) is 0 Å². The van der Waals surface area contributed by atoms with Gasteiger partial charge in [0.1, 0.15) is 5.82 Å². The van der Waals surface area contributed by atoms with E-state index in [-0.39, 0.29) is 11.4 Å². The highest BCUT2D eigenvalue weighted by Gasteiger charge is 2.30. The molecule has 3 aromatic carbocycles. The molecule has 0 aliphatic carbocycles. The summed E-state index contributed by atoms with van der Waals surface area (Å²) in [6, 6.07) is 18.3. The fourth-order valence-electron chi connectivity index (χ4n) is 2.96. The molecule has 0 amide bonds. The smallest absolute Gasteiger partial charge is 0.338 e. The fourth-order valence-corrected chi connectivity index (χ4v) is 4.01. The maximum Gasteiger partial charge on any atom is 0.416 e. The number of benzene rings is 3. The highest BCUT2D eigenvalue weighted by molar-refractivity contribution is 7.89. The Labute approximate surface area is 170 Å². The van der Waals surface area contributed by atoms with Crippen LogP contribution < -0.4 is 4.72 Å². The van der Waals surface area contributed by atoms with Crippen LogP contribution in [0.1, 0.15) is 11.1 Å². The number of rotatable bonds is 5. The summed E-state index contributed by atoms with van der Waals surface area (Å²) in [6.45, 7) is -0.128. The molecule has 0 atom stereocenters. The van der Waals surface area contributed by atoms with Crippen LogP contribution in [-0.2, 0) is 22.7 Å². The van der Waals surface area contributed by atoms with Crippen molar-refractivity contribution in [3.63, 3.8) is 0 Å². The van der Waals surface area contributed by atoms with Crippen LogP contribution in [-0.4, -0.2) is 18.4 Å². The molecule has 0 unspecified atom stereocenters. The van der Waals surface area contributed by atoms with E-state index in [2.05, 4.69) is 14.7 Å². The van der Waals surface area contributed by atoms with E-state index in [1.807, 2.05) is 30.3 Å². The number of imidazole rings is 1. The maximum absolute atomic E-state index is 12.6. The molecule has 154 valence electrons. The number of aromatic amines is 1. The molecule has 0 fully saturated rings. The van der Waals surface area contributed by atoms with Crippen molar-refractivity contribution in [3.8, 4) is 11.4 Å². The third kappa shape index (κ3) is 4.22. The van der Waals surface area contributed by atoms with Crippen LogP contribution in [0.2, 0.25) is 0 Å². The molecule has 0 radical (unpaired) electrons. The molecule has 0 saturated heterocycles. The average Bonchev–Trinajstić information content (AvgIpc) is 3.16. The molecular formula is C21H16F3N3O2S. The standard InChI is InChI=1S/C21H16F3N3O2S/c22-21(23,24)16-8-6-14(7-9-16)13-25-30(28,29)17-10-11-18-19(12-17)27-20(26-18)15-4-2-1-3-5-15/h1-12,25H,13H2,(H,26,27). The van der Waals surface area contributed by atoms with Crippen molar-refractivity contribution in [2.24, 2.45) is 0 Å². The van der Waals surface area contributed by atoms with E-state index in [4.69, 9.17) is 0 Å². The third-order valence-electron chi connectivity index (χ3n) is 4.56. The van der Waals surface area contributed by atoms with Crippen LogP contribution in [0.3, 0.4) is 0 Å². The molecule has 1 aromatic heterocycles. The van der Waals surface area contributed by atoms with E-state index in [1.165, 1.54) is 24.3 Å². The Morgan fingerprint density at radius 1 is 0.933 bits per heavy atom. The predicted molar refractivity (Wildman–Crippen MR) is 107 cm³/mol. The molecule has 9 heteroatoms. The minimum atomic E-state index is -4.43. The van der Waals surface area contributed by atoms with E-state index >= 15 is 0 Å². The quantitative estimate of drug-likeness (QED) is 0.480. The van der Waals surface area contributed by atoms with Gasteiger partial charge in [-0.05, 0) is 35.9 Å². The van der Waals surface area contributed by atoms with E-state index in [0.29, 0.717) is 22.4 Å². The van der Waals surface area contributed by atoms with E-state index in [0.717, 1.165) is 17.7 Å². The number of nitrogens with zero attached hydrogens (tertiary/aromatic N) is 1. The first kappa shape index (κ1) is 20.1. The average molecular weight is 431 g/mol. The number of aromatic nitrogens is 2. The molecule has 1 heterocycles. The number of H-pyrrole nitrogens is 1. The van der Waals surface area contributed by atoms with E-state index < -0.39 is 21.8 Å². The maximum atomic E-state index is 12.6. The normalized spacial score (nSPS) is 12.4. The minimum Gasteiger partial charge on any atom is -0.338 e. The Balaban J connectivity index is 1.53. The number of fused-ring (bicyclic) bond motifs is 1. The Morgan fingerprint density at radius 3 is 2.30 bits per heavy atom. The summed E-state index contributed by atoms with van der Waals surface area (Å²) < 4.78 is 65.6. The Bertz CT molecular complexity index is 1280. The second-order valence-corrected chi connectivity index (χ2v) is 8.42. The number of alkyl halides is 3. The molecule has 4 aromatic rings. The van der Waals surface area contributed by atoms with Gasteiger partial charge in [0.25, 0.3) is 0 Å². The summed E-state index contributed by atoms with van der Waals surface area (Å²) in [4.78, 5) is 7.61. The lowest BCUT2D eigenvalue weighted by Crippen LogP contribution is -2.23. The SMILES string of the molecule is O=S(=O)(NCc1ccc(C(F)(F)F)cc1)c1ccc2nc(-c3ccccc3)[nH]c2c1. The molecule has 0 aliphatic rings. The zero-order valence-corrected chi connectivity index (χ0v) is 16.3. The Kier molecular flexibility index (Phi) is 5.08. The van der Waals surface area contributed by atoms with Gasteiger partial charge in [-0.2, -0.15) is 13.2 Å². The summed E-state index contributed by atoms with van der Waals surface area (Å²) in [7, 11) is -3.86. The molecule has 4 rings (SSSR count). The number of hydrogen-bond acceptors (Lipinski definition) is 3. The monoisotopic (exact) mass is 431 g/mol. The van der Waals surface area contributed by atoms with Crippen molar-refractivity contribution in [2.45, 2.75) is 17.6 Å². The number of nitrogens with one attached hydrogen (secondary N) is 2. The molecule has 30 heavy (non-hydrogen) atoms. The molecule has 0 aliphatic heterocycles. The highest BCUT2D eigenvalue weighted by atomic mass is 32.2. The second-order valence-electron chi connectivity index (χ2n) is 6.65. The van der Waals surface area contributed by atoms with Crippen molar-refractivity contribution in [1.82, 2.24) is 14.7 Å². The molecule has 0 spiro atoms. The van der Waals surface area contributed by atoms with Crippen molar-refractivity contribution in [1.29, 1.82) is 0 Å². The third-order valence-corrected chi connectivity index (χ3v) is 5.96. The van der Waals surface area contributed by atoms with Gasteiger partial charge in [-0.25, -0.2) is 18.1 Å². The summed E-state index contributed by atoms with van der Waals surface area (Å²) in [5.74, 6) is 0.623. The van der Waals surface area contributed by atoms with Crippen LogP contribution in [0, 0.1) is 0 Å². The summed E-state index contributed by atoms with van der Waals surface area (Å²) in [5, 5.41) is 0. The molecule has 0 saturated carbocycles. The minimum absolute atomic E-state index is 0.0326. The summed E-state index contributed by atoms with van der Waals surface area (Å²) >= 11 is 0. The lowest BCUT2D eigenvalue weighted by Gasteiger charge is -2.09. The van der Waals surface area contributed by atoms with Crippen LogP contribution in [0.15, 0.2) is 77.7 Å². The van der Waals surface area contributed by atoms with Crippen molar-refractivity contribution < 1.29 is 21.6 Å². The van der Waals surface area contributed by atoms with Crippen LogP contribution in [0.4, 0.5) is 13.2 Å². The van der Waals surface area contributed by atoms with Gasteiger partial charge in [-0.3, -0.25) is 0 Å². The van der Waals surface area contributed by atoms with Crippen LogP contribution in [0.25, 0.3) is 22.4 Å². The number of hydrogen-bond donors (Lipinski definition) is 2. The lowest BCUT2D eigenvalue weighted by atomic mass is 10.1. The fraction of sp³-hybridized carbons (Fsp3) is 0.0952. The highest BCUT2D eigenvalue weighted by Crippen LogP contribution is 2.29. The summed E-state index contributed by atoms with van der Waals surface area (Å²) in [6.07, 6.45) is -4.43. The zero-order chi connectivity index (χ0) is 21.4. The Hall–Kier alpha value is -3.17. The summed E-state index contributed by atoms with van der Waals surface area (Å²) in [5.41, 5.74) is 1.69. The van der Waals surface area contributed by atoms with E-state index in [1.54, 1.807) is 6.07 Å². The van der Waals surface area contributed by atoms with Gasteiger partial charge < -0.3 is 4.98 Å². The molecule has 0 bridgehead atoms. The van der Waals surface area contributed by atoms with Gasteiger partial charge in [0.15, 0.2) is 0 Å². The molecular weight excluding hydrogens is 415 g/mol. The van der Waals surface area contributed by atoms with Gasteiger partial charge in [0, 0.05) is 12.1 Å². The number of halogens is 3. The van der Waals surface area contributed by atoms with Crippen LogP contribution in [0.5, 0.6) is 0 Å². The van der Waals surface area contributed by atoms with E-state index in [9.17, 15) is 21.6 Å². The van der Waals surface area contributed by atoms with Crippen LogP contribution >= 0.6 is 0 Å². The first-order valence-corrected chi connectivity index (χ1v) is 10.4. The predicted octanol–water partition coefficient (Wildman–Crippen LogP) is 4.73. The lowest BCUT2D eigenvalue weighted by molar-refractivity contribution is -0.137. The van der Waals surface area contributed by atoms with Gasteiger partial charge in [0.05, 0.1) is 21.5 Å². The topological polar surface area (TPSA) is 74.8 Å². The van der Waals surface area contributed by atoms with Crippen molar-refractivity contribution in [2.75, 3.05) is 0 Å². The van der Waals surface area contributed by atoms with Crippen molar-refractivity contribution >= 4 is 21.1 Å². The molecule has 5 nitrogen and oxygen atoms in total. The zero-order valence-electron chi connectivity index (χ0n) is 15.4. The first-order chi connectivity index (χ1) is 14.2. The second kappa shape index (κ2) is 7.58. The Morgan fingerprint density at radius 2 is 1.63 bits per heavy atom. The van der Waals surface area contributed by atoms with Crippen molar-refractivity contribution in [3.05, 3.63) is 83.9 Å². The molecule has 2 N–H and O–H groups in total.